The molecule has 17 heavy (non-hydrogen) atoms. The molecule has 0 atom stereocenters. The first-order valence-electron chi connectivity index (χ1n) is 6.36. The summed E-state index contributed by atoms with van der Waals surface area (Å²) in [7, 11) is 0. The zero-order chi connectivity index (χ0) is 12.1. The molecule has 2 rings (SSSR count). The average molecular weight is 250 g/mol. The van der Waals surface area contributed by atoms with Crippen LogP contribution in [0.4, 0.5) is 0 Å². The van der Waals surface area contributed by atoms with Gasteiger partial charge in [-0.05, 0) is 42.9 Å². The molecule has 1 aliphatic heterocycles. The van der Waals surface area contributed by atoms with E-state index in [1.54, 1.807) is 0 Å². The molecule has 1 fully saturated rings. The van der Waals surface area contributed by atoms with Crippen LogP contribution in [0.15, 0.2) is 23.1 Å². The fourth-order valence-corrected chi connectivity index (χ4v) is 2.72. The maximum Gasteiger partial charge on any atom is 0.0108 e. The standard InChI is InChI=1S/C14H22N2S/c1-12-3-4-14(17-2)11-13(12)5-8-16-9-6-15-7-10-16/h3-4,11,15H,5-10H2,1-2H3. The maximum atomic E-state index is 3.40. The van der Waals surface area contributed by atoms with Crippen LogP contribution in [0.5, 0.6) is 0 Å². The van der Waals surface area contributed by atoms with Crippen molar-refractivity contribution in [2.24, 2.45) is 0 Å². The fraction of sp³-hybridized carbons (Fsp3) is 0.571. The Morgan fingerprint density at radius 1 is 1.29 bits per heavy atom. The SMILES string of the molecule is CSc1ccc(C)c(CCN2CCNCC2)c1. The molecule has 2 nitrogen and oxygen atoms in total. The van der Waals surface area contributed by atoms with Crippen LogP contribution < -0.4 is 5.32 Å². The molecule has 0 bridgehead atoms. The number of hydrogen-bond acceptors (Lipinski definition) is 3. The number of thioether (sulfide) groups is 1. The molecule has 1 heterocycles. The monoisotopic (exact) mass is 250 g/mol. The van der Waals surface area contributed by atoms with Crippen molar-refractivity contribution in [1.82, 2.24) is 10.2 Å². The molecule has 0 saturated carbocycles. The van der Waals surface area contributed by atoms with Crippen LogP contribution in [0.3, 0.4) is 0 Å². The van der Waals surface area contributed by atoms with Crippen molar-refractivity contribution >= 4 is 11.8 Å². The number of rotatable bonds is 4. The van der Waals surface area contributed by atoms with Gasteiger partial charge in [-0.1, -0.05) is 6.07 Å². The van der Waals surface area contributed by atoms with Crippen LogP contribution in [0, 0.1) is 6.92 Å². The van der Waals surface area contributed by atoms with Crippen molar-refractivity contribution in [3.63, 3.8) is 0 Å². The lowest BCUT2D eigenvalue weighted by Crippen LogP contribution is -2.44. The Kier molecular flexibility index (Phi) is 4.89. The average Bonchev–Trinajstić information content (AvgIpc) is 2.39. The summed E-state index contributed by atoms with van der Waals surface area (Å²) in [4.78, 5) is 3.94. The van der Waals surface area contributed by atoms with Gasteiger partial charge in [0.25, 0.3) is 0 Å². The highest BCUT2D eigenvalue weighted by Crippen LogP contribution is 2.19. The molecule has 1 aliphatic rings. The molecule has 0 unspecified atom stereocenters. The molecule has 0 spiro atoms. The molecule has 3 heteroatoms. The molecule has 0 amide bonds. The molecule has 1 saturated heterocycles. The number of hydrogen-bond donors (Lipinski definition) is 1. The van der Waals surface area contributed by atoms with Gasteiger partial charge in [0, 0.05) is 37.6 Å². The maximum absolute atomic E-state index is 3.40. The van der Waals surface area contributed by atoms with E-state index >= 15 is 0 Å². The Balaban J connectivity index is 1.92. The third kappa shape index (κ3) is 3.73. The van der Waals surface area contributed by atoms with E-state index in [1.807, 2.05) is 11.8 Å². The van der Waals surface area contributed by atoms with Crippen molar-refractivity contribution in [2.45, 2.75) is 18.2 Å². The van der Waals surface area contributed by atoms with E-state index in [2.05, 4.69) is 41.6 Å². The van der Waals surface area contributed by atoms with E-state index in [0.29, 0.717) is 0 Å². The molecule has 1 aromatic carbocycles. The Hall–Kier alpha value is -0.510. The number of aryl methyl sites for hydroxylation is 1. The van der Waals surface area contributed by atoms with E-state index < -0.39 is 0 Å². The summed E-state index contributed by atoms with van der Waals surface area (Å²) < 4.78 is 0. The van der Waals surface area contributed by atoms with Gasteiger partial charge in [0.15, 0.2) is 0 Å². The lowest BCUT2D eigenvalue weighted by Gasteiger charge is -2.27. The molecule has 1 N–H and O–H groups in total. The Labute approximate surface area is 109 Å². The van der Waals surface area contributed by atoms with Crippen molar-refractivity contribution in [2.75, 3.05) is 39.0 Å². The highest BCUT2D eigenvalue weighted by atomic mass is 32.2. The fourth-order valence-electron chi connectivity index (χ4n) is 2.26. The van der Waals surface area contributed by atoms with E-state index in [0.717, 1.165) is 13.1 Å². The van der Waals surface area contributed by atoms with Crippen molar-refractivity contribution < 1.29 is 0 Å². The van der Waals surface area contributed by atoms with Gasteiger partial charge in [0.2, 0.25) is 0 Å². The van der Waals surface area contributed by atoms with Gasteiger partial charge >= 0.3 is 0 Å². The van der Waals surface area contributed by atoms with Gasteiger partial charge in [-0.15, -0.1) is 11.8 Å². The molecular weight excluding hydrogens is 228 g/mol. The van der Waals surface area contributed by atoms with Crippen LogP contribution in [-0.4, -0.2) is 43.9 Å². The van der Waals surface area contributed by atoms with Crippen LogP contribution in [0.1, 0.15) is 11.1 Å². The minimum atomic E-state index is 1.14. The zero-order valence-corrected chi connectivity index (χ0v) is 11.6. The number of nitrogens with zero attached hydrogens (tertiary/aromatic N) is 1. The summed E-state index contributed by atoms with van der Waals surface area (Å²) in [6.45, 7) is 8.09. The van der Waals surface area contributed by atoms with Gasteiger partial charge in [0.1, 0.15) is 0 Å². The van der Waals surface area contributed by atoms with Gasteiger partial charge in [-0.2, -0.15) is 0 Å². The quantitative estimate of drug-likeness (QED) is 0.825. The third-order valence-electron chi connectivity index (χ3n) is 3.46. The first-order chi connectivity index (χ1) is 8.29. The molecule has 1 aromatic rings. The van der Waals surface area contributed by atoms with Crippen molar-refractivity contribution in [3.8, 4) is 0 Å². The Morgan fingerprint density at radius 2 is 2.06 bits per heavy atom. The van der Waals surface area contributed by atoms with Crippen molar-refractivity contribution in [3.05, 3.63) is 29.3 Å². The van der Waals surface area contributed by atoms with Gasteiger partial charge < -0.3 is 10.2 Å². The second kappa shape index (κ2) is 6.43. The smallest absolute Gasteiger partial charge is 0.0108 e. The molecule has 0 aromatic heterocycles. The molecule has 0 aliphatic carbocycles. The summed E-state index contributed by atoms with van der Waals surface area (Å²) in [5.41, 5.74) is 2.94. The van der Waals surface area contributed by atoms with Crippen molar-refractivity contribution in [1.29, 1.82) is 0 Å². The second-order valence-electron chi connectivity index (χ2n) is 4.63. The highest BCUT2D eigenvalue weighted by Gasteiger charge is 2.09. The summed E-state index contributed by atoms with van der Waals surface area (Å²) >= 11 is 1.83. The summed E-state index contributed by atoms with van der Waals surface area (Å²) in [5, 5.41) is 3.40. The van der Waals surface area contributed by atoms with Gasteiger partial charge in [0.05, 0.1) is 0 Å². The largest absolute Gasteiger partial charge is 0.314 e. The lowest BCUT2D eigenvalue weighted by molar-refractivity contribution is 0.244. The van der Waals surface area contributed by atoms with Gasteiger partial charge in [-0.25, -0.2) is 0 Å². The van der Waals surface area contributed by atoms with E-state index in [-0.39, 0.29) is 0 Å². The number of nitrogens with one attached hydrogen (secondary N) is 1. The van der Waals surface area contributed by atoms with Crippen LogP contribution in [-0.2, 0) is 6.42 Å². The molecule has 94 valence electrons. The molecule has 0 radical (unpaired) electrons. The molecular formula is C14H22N2S. The summed E-state index contributed by atoms with van der Waals surface area (Å²) in [6.07, 6.45) is 3.32. The summed E-state index contributed by atoms with van der Waals surface area (Å²) in [5.74, 6) is 0. The van der Waals surface area contributed by atoms with E-state index in [1.165, 1.54) is 42.1 Å². The number of piperazine rings is 1. The topological polar surface area (TPSA) is 15.3 Å². The second-order valence-corrected chi connectivity index (χ2v) is 5.51. The Bertz CT molecular complexity index is 359. The van der Waals surface area contributed by atoms with Crippen LogP contribution >= 0.6 is 11.8 Å². The van der Waals surface area contributed by atoms with Crippen LogP contribution in [0.25, 0.3) is 0 Å². The van der Waals surface area contributed by atoms with Gasteiger partial charge in [-0.3, -0.25) is 0 Å². The minimum Gasteiger partial charge on any atom is -0.314 e. The first kappa shape index (κ1) is 12.9. The lowest BCUT2D eigenvalue weighted by atomic mass is 10.1. The predicted molar refractivity (Wildman–Crippen MR) is 76.0 cm³/mol. The normalized spacial score (nSPS) is 17.3. The first-order valence-corrected chi connectivity index (χ1v) is 7.58. The summed E-state index contributed by atoms with van der Waals surface area (Å²) in [6, 6.07) is 6.81. The minimum absolute atomic E-state index is 1.14. The highest BCUT2D eigenvalue weighted by molar-refractivity contribution is 7.98. The van der Waals surface area contributed by atoms with Crippen LogP contribution in [0.2, 0.25) is 0 Å². The predicted octanol–water partition coefficient (Wildman–Crippen LogP) is 2.16. The Morgan fingerprint density at radius 3 is 2.76 bits per heavy atom. The third-order valence-corrected chi connectivity index (χ3v) is 4.19. The van der Waals surface area contributed by atoms with E-state index in [4.69, 9.17) is 0 Å². The zero-order valence-electron chi connectivity index (χ0n) is 10.8. The van der Waals surface area contributed by atoms with E-state index in [9.17, 15) is 0 Å². The number of benzene rings is 1.